The summed E-state index contributed by atoms with van der Waals surface area (Å²) in [6.07, 6.45) is 3.11. The number of amides is 1. The molecule has 17 heavy (non-hydrogen) atoms. The molecule has 6 heteroatoms. The van der Waals surface area contributed by atoms with E-state index in [2.05, 4.69) is 10.3 Å². The summed E-state index contributed by atoms with van der Waals surface area (Å²) in [7, 11) is 0. The number of nitro groups is 1. The number of benzene rings is 1. The molecule has 1 aromatic carbocycles. The van der Waals surface area contributed by atoms with E-state index >= 15 is 0 Å². The number of fused-ring (bicyclic) bond motifs is 1. The monoisotopic (exact) mass is 231 g/mol. The van der Waals surface area contributed by atoms with E-state index in [0.717, 1.165) is 5.39 Å². The first-order valence-corrected chi connectivity index (χ1v) is 4.88. The van der Waals surface area contributed by atoms with E-state index in [-0.39, 0.29) is 17.3 Å². The fourth-order valence-electron chi connectivity index (χ4n) is 1.62. The summed E-state index contributed by atoms with van der Waals surface area (Å²) in [6.45, 7) is 1.31. The van der Waals surface area contributed by atoms with Crippen LogP contribution in [0, 0.1) is 10.1 Å². The first-order valence-electron chi connectivity index (χ1n) is 4.88. The van der Waals surface area contributed by atoms with E-state index in [1.165, 1.54) is 19.2 Å². The predicted octanol–water partition coefficient (Wildman–Crippen LogP) is 2.10. The van der Waals surface area contributed by atoms with Crippen LogP contribution >= 0.6 is 0 Å². The van der Waals surface area contributed by atoms with Crippen LogP contribution < -0.4 is 5.32 Å². The van der Waals surface area contributed by atoms with Gasteiger partial charge in [0.15, 0.2) is 0 Å². The average molecular weight is 231 g/mol. The minimum absolute atomic E-state index is 0.126. The topological polar surface area (TPSA) is 85.1 Å². The van der Waals surface area contributed by atoms with Crippen LogP contribution in [0.3, 0.4) is 0 Å². The normalized spacial score (nSPS) is 10.2. The third-order valence-corrected chi connectivity index (χ3v) is 2.30. The van der Waals surface area contributed by atoms with E-state index in [9.17, 15) is 14.9 Å². The Labute approximate surface area is 96.4 Å². The summed E-state index contributed by atoms with van der Waals surface area (Å²) in [6, 6.07) is 4.59. The number of nitro benzene ring substituents is 1. The van der Waals surface area contributed by atoms with Gasteiger partial charge in [-0.25, -0.2) is 0 Å². The zero-order valence-electron chi connectivity index (χ0n) is 9.01. The molecule has 2 aromatic rings. The second kappa shape index (κ2) is 4.17. The van der Waals surface area contributed by atoms with E-state index in [1.54, 1.807) is 18.3 Å². The fraction of sp³-hybridized carbons (Fsp3) is 0.0909. The molecule has 0 radical (unpaired) electrons. The molecule has 0 fully saturated rings. The van der Waals surface area contributed by atoms with Crippen molar-refractivity contribution in [2.24, 2.45) is 0 Å². The molecule has 0 aliphatic rings. The molecule has 1 heterocycles. The molecule has 0 spiro atoms. The van der Waals surface area contributed by atoms with E-state index in [0.29, 0.717) is 5.39 Å². The number of anilines is 1. The van der Waals surface area contributed by atoms with Gasteiger partial charge in [-0.05, 0) is 12.1 Å². The second-order valence-corrected chi connectivity index (χ2v) is 3.49. The number of nitrogens with zero attached hydrogens (tertiary/aromatic N) is 2. The van der Waals surface area contributed by atoms with Crippen LogP contribution in [0.15, 0.2) is 30.6 Å². The van der Waals surface area contributed by atoms with Gasteiger partial charge in [0.25, 0.3) is 5.69 Å². The van der Waals surface area contributed by atoms with Crippen molar-refractivity contribution in [2.75, 3.05) is 5.32 Å². The Balaban J connectivity index is 2.74. The van der Waals surface area contributed by atoms with Gasteiger partial charge in [0.1, 0.15) is 5.69 Å². The smallest absolute Gasteiger partial charge is 0.293 e. The van der Waals surface area contributed by atoms with E-state index < -0.39 is 4.92 Å². The lowest BCUT2D eigenvalue weighted by Crippen LogP contribution is -2.08. The Morgan fingerprint density at radius 3 is 2.82 bits per heavy atom. The summed E-state index contributed by atoms with van der Waals surface area (Å²) in [5.41, 5.74) is 0.0845. The number of carbonyl (C=O) groups excluding carboxylic acids is 1. The summed E-state index contributed by atoms with van der Waals surface area (Å²) < 4.78 is 0. The van der Waals surface area contributed by atoms with Gasteiger partial charge in [0.2, 0.25) is 5.91 Å². The summed E-state index contributed by atoms with van der Waals surface area (Å²) in [5, 5.41) is 14.7. The van der Waals surface area contributed by atoms with Crippen LogP contribution in [0.5, 0.6) is 0 Å². The zero-order chi connectivity index (χ0) is 12.4. The highest BCUT2D eigenvalue weighted by Gasteiger charge is 2.17. The van der Waals surface area contributed by atoms with Crippen LogP contribution in [0.2, 0.25) is 0 Å². The zero-order valence-corrected chi connectivity index (χ0v) is 9.01. The maximum Gasteiger partial charge on any atom is 0.293 e. The summed E-state index contributed by atoms with van der Waals surface area (Å²) in [5.74, 6) is -0.350. The second-order valence-electron chi connectivity index (χ2n) is 3.49. The van der Waals surface area contributed by atoms with Crippen LogP contribution in [0.4, 0.5) is 11.4 Å². The molecule has 1 N–H and O–H groups in total. The molecule has 2 rings (SSSR count). The van der Waals surface area contributed by atoms with Crippen molar-refractivity contribution in [3.63, 3.8) is 0 Å². The number of carbonyl (C=O) groups is 1. The molecule has 0 saturated heterocycles. The molecule has 0 bridgehead atoms. The fourth-order valence-corrected chi connectivity index (χ4v) is 1.62. The first kappa shape index (κ1) is 11.0. The van der Waals surface area contributed by atoms with Crippen molar-refractivity contribution >= 4 is 28.1 Å². The maximum atomic E-state index is 11.1. The maximum absolute atomic E-state index is 11.1. The Bertz CT molecular complexity index is 610. The largest absolute Gasteiger partial charge is 0.320 e. The number of pyridine rings is 1. The summed E-state index contributed by atoms with van der Waals surface area (Å²) >= 11 is 0. The van der Waals surface area contributed by atoms with Crippen molar-refractivity contribution < 1.29 is 9.72 Å². The third kappa shape index (κ3) is 2.05. The first-order chi connectivity index (χ1) is 8.09. The minimum Gasteiger partial charge on any atom is -0.320 e. The minimum atomic E-state index is -0.523. The molecular formula is C11H9N3O3. The van der Waals surface area contributed by atoms with Gasteiger partial charge in [0.05, 0.1) is 4.92 Å². The molecule has 0 aliphatic heterocycles. The summed E-state index contributed by atoms with van der Waals surface area (Å²) in [4.78, 5) is 25.4. The van der Waals surface area contributed by atoms with Crippen LogP contribution in [-0.4, -0.2) is 15.8 Å². The molecule has 0 saturated carbocycles. The Kier molecular flexibility index (Phi) is 2.70. The molecule has 1 aromatic heterocycles. The van der Waals surface area contributed by atoms with Crippen molar-refractivity contribution in [3.05, 3.63) is 40.7 Å². The third-order valence-electron chi connectivity index (χ3n) is 2.30. The van der Waals surface area contributed by atoms with Crippen molar-refractivity contribution in [2.45, 2.75) is 6.92 Å². The number of aromatic nitrogens is 1. The van der Waals surface area contributed by atoms with Crippen molar-refractivity contribution in [1.29, 1.82) is 0 Å². The van der Waals surface area contributed by atoms with E-state index in [1.807, 2.05) is 0 Å². The van der Waals surface area contributed by atoms with Gasteiger partial charge in [-0.3, -0.25) is 19.9 Å². The molecule has 86 valence electrons. The van der Waals surface area contributed by atoms with Crippen LogP contribution in [0.1, 0.15) is 6.92 Å². The highest BCUT2D eigenvalue weighted by Crippen LogP contribution is 2.32. The van der Waals surface area contributed by atoms with Gasteiger partial charge in [-0.2, -0.15) is 0 Å². The molecule has 0 unspecified atom stereocenters. The lowest BCUT2D eigenvalue weighted by Gasteiger charge is -2.07. The van der Waals surface area contributed by atoms with Gasteiger partial charge >= 0.3 is 0 Å². The molecule has 6 nitrogen and oxygen atoms in total. The lowest BCUT2D eigenvalue weighted by atomic mass is 10.1. The molecular weight excluding hydrogens is 222 g/mol. The average Bonchev–Trinajstić information content (AvgIpc) is 2.28. The Morgan fingerprint density at radius 1 is 1.41 bits per heavy atom. The number of rotatable bonds is 2. The van der Waals surface area contributed by atoms with Gasteiger partial charge in [0, 0.05) is 36.2 Å². The number of hydrogen-bond donors (Lipinski definition) is 1. The molecule has 1 amide bonds. The Hall–Kier alpha value is -2.50. The molecule has 0 atom stereocenters. The van der Waals surface area contributed by atoms with Crippen molar-refractivity contribution in [3.8, 4) is 0 Å². The number of hydrogen-bond acceptors (Lipinski definition) is 4. The van der Waals surface area contributed by atoms with Crippen molar-refractivity contribution in [1.82, 2.24) is 4.98 Å². The number of nitrogens with one attached hydrogen (secondary N) is 1. The highest BCUT2D eigenvalue weighted by molar-refractivity contribution is 6.04. The van der Waals surface area contributed by atoms with Crippen LogP contribution in [-0.2, 0) is 4.79 Å². The van der Waals surface area contributed by atoms with Crippen LogP contribution in [0.25, 0.3) is 10.8 Å². The lowest BCUT2D eigenvalue weighted by molar-refractivity contribution is -0.383. The standard InChI is InChI=1S/C11H9N3O3/c1-7(15)13-11-9-4-5-12-6-8(9)2-3-10(11)14(16)17/h2-6H,1H3,(H,13,15). The quantitative estimate of drug-likeness (QED) is 0.633. The SMILES string of the molecule is CC(=O)Nc1c([N+](=O)[O-])ccc2cnccc12. The predicted molar refractivity (Wildman–Crippen MR) is 62.7 cm³/mol. The Morgan fingerprint density at radius 2 is 2.18 bits per heavy atom. The highest BCUT2D eigenvalue weighted by atomic mass is 16.6. The van der Waals surface area contributed by atoms with Gasteiger partial charge < -0.3 is 5.32 Å². The molecule has 0 aliphatic carbocycles. The van der Waals surface area contributed by atoms with Gasteiger partial charge in [-0.1, -0.05) is 0 Å². The van der Waals surface area contributed by atoms with E-state index in [4.69, 9.17) is 0 Å². The van der Waals surface area contributed by atoms with Gasteiger partial charge in [-0.15, -0.1) is 0 Å².